The van der Waals surface area contributed by atoms with Gasteiger partial charge in [-0.1, -0.05) is 11.2 Å². The second-order valence-electron chi connectivity index (χ2n) is 6.52. The van der Waals surface area contributed by atoms with Gasteiger partial charge in [0, 0.05) is 16.8 Å². The highest BCUT2D eigenvalue weighted by Crippen LogP contribution is 2.33. The van der Waals surface area contributed by atoms with Crippen molar-refractivity contribution in [2.45, 2.75) is 26.8 Å². The van der Waals surface area contributed by atoms with Crippen LogP contribution in [0.15, 0.2) is 40.2 Å². The number of amides is 1. The molecule has 0 N–H and O–H groups in total. The first-order valence-electron chi connectivity index (χ1n) is 8.60. The quantitative estimate of drug-likeness (QED) is 0.459. The Labute approximate surface area is 165 Å². The maximum absolute atomic E-state index is 13.4. The van der Waals surface area contributed by atoms with Gasteiger partial charge in [0.15, 0.2) is 0 Å². The number of carbonyl (C=O) groups is 1. The van der Waals surface area contributed by atoms with Gasteiger partial charge in [0.2, 0.25) is 0 Å². The lowest BCUT2D eigenvalue weighted by atomic mass is 10.1. The van der Waals surface area contributed by atoms with E-state index in [1.165, 1.54) is 4.88 Å². The molecule has 1 unspecified atom stereocenters. The highest BCUT2D eigenvalue weighted by atomic mass is 32.1. The van der Waals surface area contributed by atoms with Crippen molar-refractivity contribution >= 4 is 39.7 Å². The number of thiophene rings is 2. The molecule has 0 aliphatic carbocycles. The van der Waals surface area contributed by atoms with Crippen LogP contribution in [-0.4, -0.2) is 28.0 Å². The third kappa shape index (κ3) is 3.17. The molecule has 5 nitrogen and oxygen atoms in total. The predicted octanol–water partition coefficient (Wildman–Crippen LogP) is 5.46. The molecule has 0 fully saturated rings. The van der Waals surface area contributed by atoms with Gasteiger partial charge in [0.05, 0.1) is 33.3 Å². The largest absolute Gasteiger partial charge is 0.335 e. The Balaban J connectivity index is 1.81. The highest BCUT2D eigenvalue weighted by molar-refractivity contribution is 7.15. The second-order valence-corrected chi connectivity index (χ2v) is 8.79. The third-order valence-corrected chi connectivity index (χ3v) is 6.76. The SMILES string of the molecule is Cc1ccc(-c2cc(C(=O)N(C)C(C)c3cccs3)c3c(C)noc3n2)s1. The van der Waals surface area contributed by atoms with E-state index in [4.69, 9.17) is 4.52 Å². The summed E-state index contributed by atoms with van der Waals surface area (Å²) in [5.74, 6) is -0.0656. The summed E-state index contributed by atoms with van der Waals surface area (Å²) in [7, 11) is 1.83. The zero-order valence-electron chi connectivity index (χ0n) is 15.5. The number of pyridine rings is 1. The summed E-state index contributed by atoms with van der Waals surface area (Å²) in [5, 5.41) is 6.74. The molecule has 4 aromatic heterocycles. The molecule has 0 radical (unpaired) electrons. The van der Waals surface area contributed by atoms with E-state index >= 15 is 0 Å². The number of hydrogen-bond donors (Lipinski definition) is 0. The number of aryl methyl sites for hydroxylation is 2. The standard InChI is InChI=1S/C20H19N3O2S2/c1-11-7-8-17(27-11)15-10-14(18-12(2)22-25-19(18)21-15)20(24)23(4)13(3)16-6-5-9-26-16/h5-10,13H,1-4H3. The summed E-state index contributed by atoms with van der Waals surface area (Å²) < 4.78 is 5.40. The zero-order chi connectivity index (χ0) is 19.1. The van der Waals surface area contributed by atoms with Crippen molar-refractivity contribution in [3.8, 4) is 10.6 Å². The molecule has 4 heterocycles. The Morgan fingerprint density at radius 2 is 2.07 bits per heavy atom. The fourth-order valence-electron chi connectivity index (χ4n) is 3.05. The van der Waals surface area contributed by atoms with Crippen LogP contribution in [0.5, 0.6) is 0 Å². The summed E-state index contributed by atoms with van der Waals surface area (Å²) in [6.07, 6.45) is 0. The first-order valence-corrected chi connectivity index (χ1v) is 10.3. The molecule has 0 spiro atoms. The predicted molar refractivity (Wildman–Crippen MR) is 109 cm³/mol. The first-order chi connectivity index (χ1) is 13.0. The van der Waals surface area contributed by atoms with Gasteiger partial charge in [-0.25, -0.2) is 4.98 Å². The highest BCUT2D eigenvalue weighted by Gasteiger charge is 2.25. The van der Waals surface area contributed by atoms with Crippen molar-refractivity contribution in [2.24, 2.45) is 0 Å². The van der Waals surface area contributed by atoms with Crippen molar-refractivity contribution in [1.29, 1.82) is 0 Å². The average Bonchev–Trinajstić information content (AvgIpc) is 3.41. The maximum atomic E-state index is 13.4. The van der Waals surface area contributed by atoms with E-state index in [1.807, 2.05) is 63.5 Å². The molecule has 0 saturated heterocycles. The molecule has 0 aliphatic rings. The summed E-state index contributed by atoms with van der Waals surface area (Å²) in [4.78, 5) is 23.1. The van der Waals surface area contributed by atoms with Gasteiger partial charge in [-0.3, -0.25) is 4.79 Å². The minimum Gasteiger partial charge on any atom is -0.335 e. The summed E-state index contributed by atoms with van der Waals surface area (Å²) >= 11 is 3.29. The lowest BCUT2D eigenvalue weighted by Gasteiger charge is -2.24. The van der Waals surface area contributed by atoms with Crippen LogP contribution < -0.4 is 0 Å². The van der Waals surface area contributed by atoms with Crippen LogP contribution in [0.25, 0.3) is 21.7 Å². The van der Waals surface area contributed by atoms with E-state index in [-0.39, 0.29) is 11.9 Å². The minimum absolute atomic E-state index is 0.0201. The molecule has 4 rings (SSSR count). The number of nitrogens with zero attached hydrogens (tertiary/aromatic N) is 3. The Kier molecular flexibility index (Phi) is 4.57. The fraction of sp³-hybridized carbons (Fsp3) is 0.250. The van der Waals surface area contributed by atoms with Gasteiger partial charge in [0.1, 0.15) is 0 Å². The minimum atomic E-state index is -0.0656. The first kappa shape index (κ1) is 17.9. The number of carbonyl (C=O) groups excluding carboxylic acids is 1. The number of fused-ring (bicyclic) bond motifs is 1. The van der Waals surface area contributed by atoms with Crippen LogP contribution in [0.3, 0.4) is 0 Å². The van der Waals surface area contributed by atoms with Crippen molar-refractivity contribution in [1.82, 2.24) is 15.0 Å². The third-order valence-electron chi connectivity index (χ3n) is 4.70. The smallest absolute Gasteiger partial charge is 0.259 e. The van der Waals surface area contributed by atoms with Crippen LogP contribution in [0.1, 0.15) is 38.8 Å². The van der Waals surface area contributed by atoms with Gasteiger partial charge in [-0.15, -0.1) is 22.7 Å². The summed E-state index contributed by atoms with van der Waals surface area (Å²) in [5.41, 5.74) is 2.38. The summed E-state index contributed by atoms with van der Waals surface area (Å²) in [6, 6.07) is 9.95. The topological polar surface area (TPSA) is 59.2 Å². The molecule has 1 amide bonds. The van der Waals surface area contributed by atoms with E-state index in [9.17, 15) is 4.79 Å². The van der Waals surface area contributed by atoms with Gasteiger partial charge < -0.3 is 9.42 Å². The monoisotopic (exact) mass is 397 g/mol. The lowest BCUT2D eigenvalue weighted by Crippen LogP contribution is -2.29. The average molecular weight is 398 g/mol. The van der Waals surface area contributed by atoms with Crippen molar-refractivity contribution in [3.05, 3.63) is 56.7 Å². The molecule has 0 saturated carbocycles. The van der Waals surface area contributed by atoms with Gasteiger partial charge in [-0.05, 0) is 50.4 Å². The van der Waals surface area contributed by atoms with E-state index in [2.05, 4.69) is 10.1 Å². The number of aromatic nitrogens is 2. The Hall–Kier alpha value is -2.51. The van der Waals surface area contributed by atoms with Crippen LogP contribution >= 0.6 is 22.7 Å². The number of hydrogen-bond acceptors (Lipinski definition) is 6. The van der Waals surface area contributed by atoms with Crippen molar-refractivity contribution in [3.63, 3.8) is 0 Å². The maximum Gasteiger partial charge on any atom is 0.259 e. The van der Waals surface area contributed by atoms with Gasteiger partial charge in [-0.2, -0.15) is 0 Å². The van der Waals surface area contributed by atoms with Crippen LogP contribution in [0.2, 0.25) is 0 Å². The van der Waals surface area contributed by atoms with E-state index in [0.29, 0.717) is 22.4 Å². The molecule has 0 aliphatic heterocycles. The Morgan fingerprint density at radius 1 is 1.26 bits per heavy atom. The molecular formula is C20H19N3O2S2. The Morgan fingerprint density at radius 3 is 2.74 bits per heavy atom. The van der Waals surface area contributed by atoms with Gasteiger partial charge in [0.25, 0.3) is 11.6 Å². The molecule has 27 heavy (non-hydrogen) atoms. The molecule has 138 valence electrons. The van der Waals surface area contributed by atoms with Crippen LogP contribution in [0, 0.1) is 13.8 Å². The van der Waals surface area contributed by atoms with E-state index in [1.54, 1.807) is 27.6 Å². The van der Waals surface area contributed by atoms with Crippen LogP contribution in [-0.2, 0) is 0 Å². The normalized spacial score (nSPS) is 12.4. The molecule has 0 bridgehead atoms. The van der Waals surface area contributed by atoms with Crippen LogP contribution in [0.4, 0.5) is 0 Å². The molecule has 0 aromatic carbocycles. The molecule has 1 atom stereocenters. The summed E-state index contributed by atoms with van der Waals surface area (Å²) in [6.45, 7) is 5.92. The Bertz CT molecular complexity index is 1110. The van der Waals surface area contributed by atoms with E-state index < -0.39 is 0 Å². The number of rotatable bonds is 4. The lowest BCUT2D eigenvalue weighted by molar-refractivity contribution is 0.0747. The van der Waals surface area contributed by atoms with Crippen molar-refractivity contribution < 1.29 is 9.32 Å². The molecule has 7 heteroatoms. The van der Waals surface area contributed by atoms with Crippen molar-refractivity contribution in [2.75, 3.05) is 7.05 Å². The molecular weight excluding hydrogens is 378 g/mol. The fourth-order valence-corrected chi connectivity index (χ4v) is 4.70. The second kappa shape index (κ2) is 6.90. The van der Waals surface area contributed by atoms with E-state index in [0.717, 1.165) is 15.4 Å². The molecule has 4 aromatic rings. The van der Waals surface area contributed by atoms with Gasteiger partial charge >= 0.3 is 0 Å². The zero-order valence-corrected chi connectivity index (χ0v) is 17.1.